The number of hydrogen-bond donors (Lipinski definition) is 1. The Morgan fingerprint density at radius 2 is 2.39 bits per heavy atom. The Kier molecular flexibility index (Phi) is 4.96. The van der Waals surface area contributed by atoms with Crippen LogP contribution < -0.4 is 15.2 Å². The Hall–Kier alpha value is -1.13. The first-order chi connectivity index (χ1) is 8.85. The molecule has 1 aromatic carbocycles. The highest BCUT2D eigenvalue weighted by molar-refractivity contribution is 7.99. The zero-order valence-corrected chi connectivity index (χ0v) is 11.4. The normalized spacial score (nSPS) is 19.3. The van der Waals surface area contributed by atoms with Crippen molar-refractivity contribution in [2.24, 2.45) is 5.73 Å². The highest BCUT2D eigenvalue weighted by Gasteiger charge is 2.19. The summed E-state index contributed by atoms with van der Waals surface area (Å²) >= 11 is 1.94. The first kappa shape index (κ1) is 13.3. The zero-order chi connectivity index (χ0) is 12.8. The van der Waals surface area contributed by atoms with Gasteiger partial charge in [0.25, 0.3) is 0 Å². The van der Waals surface area contributed by atoms with Gasteiger partial charge in [-0.1, -0.05) is 24.3 Å². The lowest BCUT2D eigenvalue weighted by molar-refractivity contribution is 0.218. The molecule has 0 bridgehead atoms. The van der Waals surface area contributed by atoms with Crippen molar-refractivity contribution in [3.63, 3.8) is 0 Å². The molecule has 1 fully saturated rings. The van der Waals surface area contributed by atoms with Crippen LogP contribution in [0.4, 0.5) is 0 Å². The van der Waals surface area contributed by atoms with E-state index in [0.717, 1.165) is 29.2 Å². The van der Waals surface area contributed by atoms with Crippen molar-refractivity contribution < 1.29 is 9.47 Å². The van der Waals surface area contributed by atoms with Crippen molar-refractivity contribution in [3.8, 4) is 11.5 Å². The van der Waals surface area contributed by atoms with Crippen LogP contribution in [0.25, 0.3) is 6.08 Å². The lowest BCUT2D eigenvalue weighted by Crippen LogP contribution is -2.15. The molecule has 1 unspecified atom stereocenters. The highest BCUT2D eigenvalue weighted by Crippen LogP contribution is 2.34. The molecule has 1 saturated heterocycles. The molecule has 1 aliphatic rings. The minimum atomic E-state index is 0.303. The molecule has 3 nitrogen and oxygen atoms in total. The van der Waals surface area contributed by atoms with E-state index < -0.39 is 0 Å². The number of para-hydroxylation sites is 1. The van der Waals surface area contributed by atoms with E-state index in [9.17, 15) is 0 Å². The summed E-state index contributed by atoms with van der Waals surface area (Å²) < 4.78 is 11.5. The van der Waals surface area contributed by atoms with Gasteiger partial charge in [0.05, 0.1) is 7.11 Å². The van der Waals surface area contributed by atoms with E-state index >= 15 is 0 Å². The van der Waals surface area contributed by atoms with Crippen molar-refractivity contribution in [1.29, 1.82) is 0 Å². The molecule has 0 aromatic heterocycles. The summed E-state index contributed by atoms with van der Waals surface area (Å²) in [5, 5.41) is 0. The maximum absolute atomic E-state index is 6.01. The van der Waals surface area contributed by atoms with E-state index in [1.54, 1.807) is 7.11 Å². The molecule has 0 amide bonds. The molecular formula is C14H19NO2S. The van der Waals surface area contributed by atoms with Crippen LogP contribution in [0, 0.1) is 0 Å². The summed E-state index contributed by atoms with van der Waals surface area (Å²) in [4.78, 5) is 0. The van der Waals surface area contributed by atoms with Crippen molar-refractivity contribution in [2.75, 3.05) is 25.2 Å². The predicted octanol–water partition coefficient (Wildman–Crippen LogP) is 2.55. The number of hydrogen-bond acceptors (Lipinski definition) is 4. The van der Waals surface area contributed by atoms with E-state index in [-0.39, 0.29) is 0 Å². The summed E-state index contributed by atoms with van der Waals surface area (Å²) in [5.74, 6) is 3.86. The van der Waals surface area contributed by atoms with Crippen LogP contribution in [0.5, 0.6) is 11.5 Å². The molecule has 1 heterocycles. The summed E-state index contributed by atoms with van der Waals surface area (Å²) in [6.07, 6.45) is 5.29. The maximum Gasteiger partial charge on any atom is 0.167 e. The quantitative estimate of drug-likeness (QED) is 0.888. The first-order valence-corrected chi connectivity index (χ1v) is 7.28. The van der Waals surface area contributed by atoms with Crippen LogP contribution in [0.3, 0.4) is 0 Å². The Balaban J connectivity index is 2.20. The van der Waals surface area contributed by atoms with Gasteiger partial charge >= 0.3 is 0 Å². The minimum Gasteiger partial charge on any atom is -0.492 e. The molecule has 0 spiro atoms. The van der Waals surface area contributed by atoms with E-state index in [4.69, 9.17) is 15.2 Å². The predicted molar refractivity (Wildman–Crippen MR) is 77.4 cm³/mol. The second kappa shape index (κ2) is 6.71. The van der Waals surface area contributed by atoms with Gasteiger partial charge in [0, 0.05) is 17.9 Å². The number of ether oxygens (including phenoxy) is 2. The first-order valence-electron chi connectivity index (χ1n) is 6.13. The lowest BCUT2D eigenvalue weighted by atomic mass is 10.1. The lowest BCUT2D eigenvalue weighted by Gasteiger charge is -2.16. The molecule has 4 heteroatoms. The molecule has 0 aliphatic carbocycles. The van der Waals surface area contributed by atoms with Crippen molar-refractivity contribution >= 4 is 17.8 Å². The standard InChI is InChI=1S/C14H19NO2S/c1-16-14-11(5-3-8-15)4-2-6-13(14)17-12-7-9-18-10-12/h2-6,12H,7-10,15H2,1H3/b5-3+. The van der Waals surface area contributed by atoms with Gasteiger partial charge in [-0.15, -0.1) is 0 Å². The van der Waals surface area contributed by atoms with Gasteiger partial charge in [-0.25, -0.2) is 0 Å². The Morgan fingerprint density at radius 3 is 3.06 bits per heavy atom. The fourth-order valence-electron chi connectivity index (χ4n) is 1.96. The molecule has 1 aliphatic heterocycles. The summed E-state index contributed by atoms with van der Waals surface area (Å²) in [6.45, 7) is 0.521. The van der Waals surface area contributed by atoms with Crippen LogP contribution >= 0.6 is 11.8 Å². The number of nitrogens with two attached hydrogens (primary N) is 1. The van der Waals surface area contributed by atoms with Crippen molar-refractivity contribution in [1.82, 2.24) is 0 Å². The Labute approximate surface area is 112 Å². The monoisotopic (exact) mass is 265 g/mol. The Bertz CT molecular complexity index is 414. The van der Waals surface area contributed by atoms with Crippen molar-refractivity contribution in [2.45, 2.75) is 12.5 Å². The maximum atomic E-state index is 6.01. The van der Waals surface area contributed by atoms with Gasteiger partial charge in [0.15, 0.2) is 11.5 Å². The van der Waals surface area contributed by atoms with Crippen LogP contribution in [-0.4, -0.2) is 31.3 Å². The molecule has 1 atom stereocenters. The molecular weight excluding hydrogens is 246 g/mol. The van der Waals surface area contributed by atoms with E-state index in [1.807, 2.05) is 42.1 Å². The third kappa shape index (κ3) is 3.21. The topological polar surface area (TPSA) is 44.5 Å². The SMILES string of the molecule is COc1c(/C=C/CN)cccc1OC1CCSC1. The van der Waals surface area contributed by atoms with Crippen LogP contribution in [0.1, 0.15) is 12.0 Å². The third-order valence-corrected chi connectivity index (χ3v) is 3.96. The smallest absolute Gasteiger partial charge is 0.167 e. The fourth-order valence-corrected chi connectivity index (χ4v) is 3.05. The molecule has 2 N–H and O–H groups in total. The average molecular weight is 265 g/mol. The molecule has 2 rings (SSSR count). The van der Waals surface area contributed by atoms with Gasteiger partial charge in [-0.3, -0.25) is 0 Å². The van der Waals surface area contributed by atoms with Gasteiger partial charge < -0.3 is 15.2 Å². The highest BCUT2D eigenvalue weighted by atomic mass is 32.2. The average Bonchev–Trinajstić information content (AvgIpc) is 2.89. The Morgan fingerprint density at radius 1 is 1.50 bits per heavy atom. The van der Waals surface area contributed by atoms with Crippen LogP contribution in [0.2, 0.25) is 0 Å². The van der Waals surface area contributed by atoms with Crippen molar-refractivity contribution in [3.05, 3.63) is 29.8 Å². The minimum absolute atomic E-state index is 0.303. The van der Waals surface area contributed by atoms with Gasteiger partial charge in [0.1, 0.15) is 6.10 Å². The molecule has 0 radical (unpaired) electrons. The van der Waals surface area contributed by atoms with Crippen LogP contribution in [0.15, 0.2) is 24.3 Å². The number of thioether (sulfide) groups is 1. The summed E-state index contributed by atoms with van der Waals surface area (Å²) in [7, 11) is 1.67. The van der Waals surface area contributed by atoms with Gasteiger partial charge in [-0.05, 0) is 18.2 Å². The van der Waals surface area contributed by atoms with Gasteiger partial charge in [0.2, 0.25) is 0 Å². The summed E-state index contributed by atoms with van der Waals surface area (Å²) in [6, 6.07) is 5.94. The van der Waals surface area contributed by atoms with E-state index in [1.165, 1.54) is 5.75 Å². The molecule has 1 aromatic rings. The third-order valence-electron chi connectivity index (χ3n) is 2.83. The molecule has 0 saturated carbocycles. The largest absolute Gasteiger partial charge is 0.492 e. The number of methoxy groups -OCH3 is 1. The second-order valence-electron chi connectivity index (χ2n) is 4.12. The fraction of sp³-hybridized carbons (Fsp3) is 0.429. The van der Waals surface area contributed by atoms with Gasteiger partial charge in [-0.2, -0.15) is 11.8 Å². The molecule has 18 heavy (non-hydrogen) atoms. The second-order valence-corrected chi connectivity index (χ2v) is 5.27. The zero-order valence-electron chi connectivity index (χ0n) is 10.6. The summed E-state index contributed by atoms with van der Waals surface area (Å²) in [5.41, 5.74) is 6.48. The molecule has 98 valence electrons. The van der Waals surface area contributed by atoms with Crippen LogP contribution in [-0.2, 0) is 0 Å². The number of rotatable bonds is 5. The van der Waals surface area contributed by atoms with E-state index in [0.29, 0.717) is 12.6 Å². The van der Waals surface area contributed by atoms with E-state index in [2.05, 4.69) is 0 Å². The number of benzene rings is 1.